The molecule has 0 radical (unpaired) electrons. The largest absolute Gasteiger partial charge is 0.356 e. The lowest BCUT2D eigenvalue weighted by Gasteiger charge is -2.41. The molecule has 0 saturated carbocycles. The first-order chi connectivity index (χ1) is 10.6. The average Bonchev–Trinajstić information content (AvgIpc) is 2.32. The van der Waals surface area contributed by atoms with Crippen LogP contribution in [0, 0.1) is 0 Å². The van der Waals surface area contributed by atoms with Crippen LogP contribution in [0.15, 0.2) is 0 Å². The first-order valence-corrected chi connectivity index (χ1v) is 12.4. The standard InChI is InChI=1S/C7H11Cl3O11S3/c1-3-4(19-22(8,11)12)5(20-23(9,13)14)6(7(17-2)18-3)21-24(10,15)16/h3-7H,1-2H3/t3-,4-,5+,6-,7-/m0/s1. The second kappa shape index (κ2) is 8.04. The lowest BCUT2D eigenvalue weighted by Crippen LogP contribution is -2.60. The van der Waals surface area contributed by atoms with Gasteiger partial charge >= 0.3 is 28.0 Å². The number of rotatable bonds is 7. The van der Waals surface area contributed by atoms with E-state index in [-0.39, 0.29) is 0 Å². The van der Waals surface area contributed by atoms with Crippen LogP contribution in [0.2, 0.25) is 0 Å². The van der Waals surface area contributed by atoms with Crippen molar-refractivity contribution in [1.82, 2.24) is 0 Å². The van der Waals surface area contributed by atoms with Crippen LogP contribution in [0.3, 0.4) is 0 Å². The Morgan fingerprint density at radius 3 is 1.50 bits per heavy atom. The Balaban J connectivity index is 3.35. The highest BCUT2D eigenvalue weighted by atomic mass is 35.7. The minimum atomic E-state index is -4.73. The van der Waals surface area contributed by atoms with E-state index in [9.17, 15) is 25.3 Å². The van der Waals surface area contributed by atoms with E-state index in [0.29, 0.717) is 0 Å². The van der Waals surface area contributed by atoms with Crippen LogP contribution in [0.5, 0.6) is 0 Å². The van der Waals surface area contributed by atoms with E-state index in [2.05, 4.69) is 12.5 Å². The molecule has 1 rings (SSSR count). The predicted molar refractivity (Wildman–Crippen MR) is 80.3 cm³/mol. The normalized spacial score (nSPS) is 32.6. The molecule has 0 spiro atoms. The average molecular weight is 474 g/mol. The summed E-state index contributed by atoms with van der Waals surface area (Å²) in [5.41, 5.74) is 0. The van der Waals surface area contributed by atoms with Gasteiger partial charge in [-0.15, -0.1) is 0 Å². The molecule has 0 N–H and O–H groups in total. The molecule has 0 aliphatic carbocycles. The Morgan fingerprint density at radius 1 is 0.750 bits per heavy atom. The van der Waals surface area contributed by atoms with Crippen LogP contribution in [0.1, 0.15) is 6.92 Å². The molecule has 17 heteroatoms. The first kappa shape index (κ1) is 22.6. The van der Waals surface area contributed by atoms with Crippen LogP contribution < -0.4 is 0 Å². The fourth-order valence-corrected chi connectivity index (χ4v) is 4.14. The van der Waals surface area contributed by atoms with Crippen LogP contribution in [-0.4, -0.2) is 63.1 Å². The summed E-state index contributed by atoms with van der Waals surface area (Å²) in [6, 6.07) is 0. The SMILES string of the molecule is CO[C@H]1O[C@@H](C)[C@H](OS(=O)(=O)Cl)[C@@H](OS(=O)(=O)Cl)[C@@H]1OS(=O)(=O)Cl. The Morgan fingerprint density at radius 2 is 1.12 bits per heavy atom. The van der Waals surface area contributed by atoms with Gasteiger partial charge in [-0.2, -0.15) is 25.3 Å². The van der Waals surface area contributed by atoms with Crippen LogP contribution in [0.25, 0.3) is 0 Å². The van der Waals surface area contributed by atoms with Gasteiger partial charge in [0.15, 0.2) is 12.4 Å². The topological polar surface area (TPSA) is 149 Å². The maximum atomic E-state index is 11.2. The number of methoxy groups -OCH3 is 1. The van der Waals surface area contributed by atoms with Crippen molar-refractivity contribution in [3.05, 3.63) is 0 Å². The molecular formula is C7H11Cl3O11S3. The van der Waals surface area contributed by atoms with Gasteiger partial charge in [-0.25, -0.2) is 12.5 Å². The van der Waals surface area contributed by atoms with E-state index in [1.807, 2.05) is 0 Å². The minimum absolute atomic E-state index is 1.07. The minimum Gasteiger partial charge on any atom is -0.353 e. The fourth-order valence-electron chi connectivity index (χ4n) is 1.91. The number of hydrogen-bond donors (Lipinski definition) is 0. The van der Waals surface area contributed by atoms with Gasteiger partial charge in [0.25, 0.3) is 0 Å². The molecule has 1 saturated heterocycles. The van der Waals surface area contributed by atoms with Crippen molar-refractivity contribution in [2.45, 2.75) is 37.6 Å². The third-order valence-corrected chi connectivity index (χ3v) is 4.65. The van der Waals surface area contributed by atoms with E-state index in [1.165, 1.54) is 6.92 Å². The highest BCUT2D eigenvalue weighted by molar-refractivity contribution is 8.10. The van der Waals surface area contributed by atoms with E-state index in [1.54, 1.807) is 0 Å². The molecule has 1 aliphatic heterocycles. The van der Waals surface area contributed by atoms with Crippen molar-refractivity contribution in [1.29, 1.82) is 0 Å². The molecule has 11 nitrogen and oxygen atoms in total. The molecule has 0 aromatic rings. The zero-order valence-electron chi connectivity index (χ0n) is 11.7. The summed E-state index contributed by atoms with van der Waals surface area (Å²) < 4.78 is 90.4. The Hall–Kier alpha value is 0.520. The zero-order chi connectivity index (χ0) is 18.9. The monoisotopic (exact) mass is 472 g/mol. The van der Waals surface area contributed by atoms with Crippen LogP contribution in [0.4, 0.5) is 0 Å². The summed E-state index contributed by atoms with van der Waals surface area (Å²) in [5, 5.41) is 0. The maximum Gasteiger partial charge on any atom is 0.356 e. The molecule has 0 aromatic heterocycles. The van der Waals surface area contributed by atoms with Crippen LogP contribution in [-0.2, 0) is 50.0 Å². The summed E-state index contributed by atoms with van der Waals surface area (Å²) in [6.45, 7) is 1.25. The zero-order valence-corrected chi connectivity index (χ0v) is 16.5. The van der Waals surface area contributed by atoms with Crippen molar-refractivity contribution in [2.24, 2.45) is 0 Å². The summed E-state index contributed by atoms with van der Waals surface area (Å²) >= 11 is 0. The maximum absolute atomic E-state index is 11.2. The van der Waals surface area contributed by atoms with Gasteiger partial charge in [-0.1, -0.05) is 0 Å². The lowest BCUT2D eigenvalue weighted by molar-refractivity contribution is -0.268. The lowest BCUT2D eigenvalue weighted by atomic mass is 10.0. The van der Waals surface area contributed by atoms with Gasteiger partial charge in [-0.05, 0) is 6.92 Å². The third-order valence-electron chi connectivity index (χ3n) is 2.64. The number of hydrogen-bond acceptors (Lipinski definition) is 11. The molecule has 24 heavy (non-hydrogen) atoms. The molecule has 0 aromatic carbocycles. The van der Waals surface area contributed by atoms with Crippen molar-refractivity contribution >= 4 is 60.0 Å². The molecule has 144 valence electrons. The number of halogens is 3. The van der Waals surface area contributed by atoms with Crippen molar-refractivity contribution in [2.75, 3.05) is 7.11 Å². The summed E-state index contributed by atoms with van der Waals surface area (Å²) in [5.74, 6) is 0. The van der Waals surface area contributed by atoms with Crippen LogP contribution >= 0.6 is 32.0 Å². The van der Waals surface area contributed by atoms with Gasteiger partial charge in [0, 0.05) is 39.2 Å². The smallest absolute Gasteiger partial charge is 0.353 e. The molecule has 0 bridgehead atoms. The fraction of sp³-hybridized carbons (Fsp3) is 1.00. The highest BCUT2D eigenvalue weighted by Gasteiger charge is 2.52. The van der Waals surface area contributed by atoms with Crippen molar-refractivity contribution < 1.29 is 47.3 Å². The molecule has 0 amide bonds. The Kier molecular flexibility index (Phi) is 7.56. The van der Waals surface area contributed by atoms with E-state index in [4.69, 9.17) is 41.5 Å². The van der Waals surface area contributed by atoms with Gasteiger partial charge in [0.2, 0.25) is 0 Å². The highest BCUT2D eigenvalue weighted by Crippen LogP contribution is 2.32. The summed E-state index contributed by atoms with van der Waals surface area (Å²) in [4.78, 5) is 0. The number of ether oxygens (including phenoxy) is 2. The Labute approximate surface area is 151 Å². The van der Waals surface area contributed by atoms with Gasteiger partial charge in [-0.3, -0.25) is 0 Å². The molecule has 1 heterocycles. The van der Waals surface area contributed by atoms with Crippen molar-refractivity contribution in [3.8, 4) is 0 Å². The Bertz CT molecular complexity index is 748. The second-order valence-corrected chi connectivity index (χ2v) is 10.6. The molecule has 5 atom stereocenters. The quantitative estimate of drug-likeness (QED) is 0.459. The van der Waals surface area contributed by atoms with E-state index < -0.39 is 58.7 Å². The molecule has 0 unspecified atom stereocenters. The summed E-state index contributed by atoms with van der Waals surface area (Å²) in [7, 11) is 1.90. The molecular weight excluding hydrogens is 463 g/mol. The van der Waals surface area contributed by atoms with Gasteiger partial charge < -0.3 is 9.47 Å². The van der Waals surface area contributed by atoms with E-state index >= 15 is 0 Å². The molecule has 1 aliphatic rings. The first-order valence-electron chi connectivity index (χ1n) is 5.70. The second-order valence-electron chi connectivity index (χ2n) is 4.31. The molecule has 1 fully saturated rings. The van der Waals surface area contributed by atoms with Gasteiger partial charge in [0.1, 0.15) is 12.2 Å². The van der Waals surface area contributed by atoms with E-state index in [0.717, 1.165) is 7.11 Å². The van der Waals surface area contributed by atoms with Gasteiger partial charge in [0.05, 0.1) is 6.10 Å². The third kappa shape index (κ3) is 7.41. The summed E-state index contributed by atoms with van der Waals surface area (Å²) in [6.07, 6.45) is -8.29. The predicted octanol–water partition coefficient (Wildman–Crippen LogP) is -0.0160. The van der Waals surface area contributed by atoms with Crippen molar-refractivity contribution in [3.63, 3.8) is 0 Å².